The number of rotatable bonds is 2. The zero-order valence-electron chi connectivity index (χ0n) is 10.5. The molecule has 3 rings (SSSR count). The van der Waals surface area contributed by atoms with Gasteiger partial charge in [-0.15, -0.1) is 0 Å². The number of nitrogens with one attached hydrogen (secondary N) is 1. The van der Waals surface area contributed by atoms with Crippen molar-refractivity contribution < 1.29 is 0 Å². The van der Waals surface area contributed by atoms with E-state index in [0.29, 0.717) is 6.04 Å². The van der Waals surface area contributed by atoms with Crippen LogP contribution in [0.1, 0.15) is 25.7 Å². The SMILES string of the molecule is N[C@@H]1CCCC[C@H]1Nc1nccc2ccccc12. The van der Waals surface area contributed by atoms with Crippen LogP contribution in [0.5, 0.6) is 0 Å². The first-order chi connectivity index (χ1) is 8.84. The highest BCUT2D eigenvalue weighted by Crippen LogP contribution is 2.25. The van der Waals surface area contributed by atoms with Crippen molar-refractivity contribution in [1.82, 2.24) is 4.98 Å². The fraction of sp³-hybridized carbons (Fsp3) is 0.400. The van der Waals surface area contributed by atoms with Crippen molar-refractivity contribution in [2.24, 2.45) is 5.73 Å². The molecule has 3 heteroatoms. The van der Waals surface area contributed by atoms with E-state index in [9.17, 15) is 0 Å². The third-order valence-electron chi connectivity index (χ3n) is 3.82. The minimum absolute atomic E-state index is 0.250. The van der Waals surface area contributed by atoms with Crippen molar-refractivity contribution in [2.45, 2.75) is 37.8 Å². The third kappa shape index (κ3) is 2.18. The number of nitrogens with two attached hydrogens (primary N) is 1. The Morgan fingerprint density at radius 2 is 1.94 bits per heavy atom. The van der Waals surface area contributed by atoms with E-state index in [-0.39, 0.29) is 6.04 Å². The number of pyridine rings is 1. The van der Waals surface area contributed by atoms with Crippen molar-refractivity contribution in [2.75, 3.05) is 5.32 Å². The van der Waals surface area contributed by atoms with Crippen LogP contribution >= 0.6 is 0 Å². The summed E-state index contributed by atoms with van der Waals surface area (Å²) in [5.74, 6) is 0.968. The van der Waals surface area contributed by atoms with Gasteiger partial charge in [0, 0.05) is 23.7 Å². The Balaban J connectivity index is 1.90. The van der Waals surface area contributed by atoms with Crippen LogP contribution in [0.4, 0.5) is 5.82 Å². The fourth-order valence-electron chi connectivity index (χ4n) is 2.75. The van der Waals surface area contributed by atoms with Gasteiger partial charge in [0.1, 0.15) is 5.82 Å². The molecule has 18 heavy (non-hydrogen) atoms. The summed E-state index contributed by atoms with van der Waals surface area (Å²) in [5.41, 5.74) is 6.18. The Morgan fingerprint density at radius 3 is 2.83 bits per heavy atom. The number of hydrogen-bond donors (Lipinski definition) is 2. The van der Waals surface area contributed by atoms with Crippen LogP contribution in [0.3, 0.4) is 0 Å². The molecule has 0 amide bonds. The Hall–Kier alpha value is -1.61. The van der Waals surface area contributed by atoms with Crippen LogP contribution in [-0.2, 0) is 0 Å². The van der Waals surface area contributed by atoms with Gasteiger partial charge in [-0.05, 0) is 24.3 Å². The van der Waals surface area contributed by atoms with Crippen molar-refractivity contribution in [3.63, 3.8) is 0 Å². The smallest absolute Gasteiger partial charge is 0.134 e. The van der Waals surface area contributed by atoms with Gasteiger partial charge >= 0.3 is 0 Å². The molecule has 1 aliphatic rings. The molecule has 94 valence electrons. The summed E-state index contributed by atoms with van der Waals surface area (Å²) < 4.78 is 0. The second-order valence-corrected chi connectivity index (χ2v) is 5.08. The molecule has 1 saturated carbocycles. The zero-order chi connectivity index (χ0) is 12.4. The summed E-state index contributed by atoms with van der Waals surface area (Å²) in [6.45, 7) is 0. The highest BCUT2D eigenvalue weighted by Gasteiger charge is 2.22. The number of anilines is 1. The van der Waals surface area contributed by atoms with Crippen molar-refractivity contribution in [1.29, 1.82) is 0 Å². The van der Waals surface area contributed by atoms with Crippen LogP contribution in [0.2, 0.25) is 0 Å². The molecule has 3 N–H and O–H groups in total. The van der Waals surface area contributed by atoms with E-state index < -0.39 is 0 Å². The molecule has 0 unspecified atom stereocenters. The Bertz CT molecular complexity index is 533. The second-order valence-electron chi connectivity index (χ2n) is 5.08. The first-order valence-electron chi connectivity index (χ1n) is 6.70. The molecule has 1 fully saturated rings. The van der Waals surface area contributed by atoms with Crippen LogP contribution in [0.15, 0.2) is 36.5 Å². The van der Waals surface area contributed by atoms with Gasteiger partial charge in [-0.1, -0.05) is 37.1 Å². The topological polar surface area (TPSA) is 50.9 Å². The van der Waals surface area contributed by atoms with Gasteiger partial charge in [-0.25, -0.2) is 4.98 Å². The van der Waals surface area contributed by atoms with E-state index in [1.165, 1.54) is 23.6 Å². The number of aromatic nitrogens is 1. The molecule has 1 aromatic heterocycles. The summed E-state index contributed by atoms with van der Waals surface area (Å²) in [4.78, 5) is 4.47. The lowest BCUT2D eigenvalue weighted by atomic mass is 9.91. The summed E-state index contributed by atoms with van der Waals surface area (Å²) in [6, 6.07) is 11.0. The number of hydrogen-bond acceptors (Lipinski definition) is 3. The van der Waals surface area contributed by atoms with E-state index in [1.807, 2.05) is 12.3 Å². The maximum absolute atomic E-state index is 6.18. The predicted molar refractivity (Wildman–Crippen MR) is 75.6 cm³/mol. The summed E-state index contributed by atoms with van der Waals surface area (Å²) in [6.07, 6.45) is 6.63. The first-order valence-corrected chi connectivity index (χ1v) is 6.70. The van der Waals surface area contributed by atoms with Crippen LogP contribution in [-0.4, -0.2) is 17.1 Å². The maximum atomic E-state index is 6.18. The van der Waals surface area contributed by atoms with E-state index in [2.05, 4.69) is 34.6 Å². The Morgan fingerprint density at radius 1 is 1.11 bits per heavy atom. The maximum Gasteiger partial charge on any atom is 0.134 e. The first kappa shape index (κ1) is 11.5. The van der Waals surface area contributed by atoms with E-state index in [4.69, 9.17) is 5.73 Å². The minimum atomic E-state index is 0.250. The molecule has 1 aliphatic carbocycles. The molecular weight excluding hydrogens is 222 g/mol. The van der Waals surface area contributed by atoms with Crippen molar-refractivity contribution in [3.05, 3.63) is 36.5 Å². The van der Waals surface area contributed by atoms with Crippen molar-refractivity contribution >= 4 is 16.6 Å². The average molecular weight is 241 g/mol. The second kappa shape index (κ2) is 4.94. The normalized spacial score (nSPS) is 24.1. The largest absolute Gasteiger partial charge is 0.365 e. The minimum Gasteiger partial charge on any atom is -0.365 e. The highest BCUT2D eigenvalue weighted by atomic mass is 15.0. The lowest BCUT2D eigenvalue weighted by Gasteiger charge is -2.30. The van der Waals surface area contributed by atoms with E-state index >= 15 is 0 Å². The molecule has 2 aromatic rings. The van der Waals surface area contributed by atoms with Gasteiger partial charge in [0.15, 0.2) is 0 Å². The lowest BCUT2D eigenvalue weighted by molar-refractivity contribution is 0.403. The molecule has 0 saturated heterocycles. The number of benzene rings is 1. The molecule has 0 spiro atoms. The van der Waals surface area contributed by atoms with Gasteiger partial charge in [0.25, 0.3) is 0 Å². The van der Waals surface area contributed by atoms with Gasteiger partial charge in [0.05, 0.1) is 0 Å². The third-order valence-corrected chi connectivity index (χ3v) is 3.82. The number of fused-ring (bicyclic) bond motifs is 1. The molecule has 3 nitrogen and oxygen atoms in total. The fourth-order valence-corrected chi connectivity index (χ4v) is 2.75. The molecule has 0 bridgehead atoms. The van der Waals surface area contributed by atoms with Gasteiger partial charge in [-0.2, -0.15) is 0 Å². The zero-order valence-corrected chi connectivity index (χ0v) is 10.5. The molecule has 0 radical (unpaired) electrons. The average Bonchev–Trinajstić information content (AvgIpc) is 2.42. The van der Waals surface area contributed by atoms with Gasteiger partial charge in [-0.3, -0.25) is 0 Å². The van der Waals surface area contributed by atoms with E-state index in [1.54, 1.807) is 0 Å². The monoisotopic (exact) mass is 241 g/mol. The van der Waals surface area contributed by atoms with Crippen LogP contribution < -0.4 is 11.1 Å². The molecule has 2 atom stereocenters. The van der Waals surface area contributed by atoms with E-state index in [0.717, 1.165) is 18.7 Å². The Labute approximate surface area is 107 Å². The van der Waals surface area contributed by atoms with Crippen LogP contribution in [0, 0.1) is 0 Å². The van der Waals surface area contributed by atoms with Gasteiger partial charge < -0.3 is 11.1 Å². The quantitative estimate of drug-likeness (QED) is 0.850. The highest BCUT2D eigenvalue weighted by molar-refractivity contribution is 5.91. The Kier molecular flexibility index (Phi) is 3.15. The molecule has 1 aromatic carbocycles. The standard InChI is InChI=1S/C15H19N3/c16-13-7-3-4-8-14(13)18-15-12-6-2-1-5-11(12)9-10-17-15/h1-2,5-6,9-10,13-14H,3-4,7-8,16H2,(H,17,18)/t13-,14-/m1/s1. The summed E-state index contributed by atoms with van der Waals surface area (Å²) in [5, 5.41) is 5.94. The number of nitrogens with zero attached hydrogens (tertiary/aromatic N) is 1. The summed E-state index contributed by atoms with van der Waals surface area (Å²) in [7, 11) is 0. The van der Waals surface area contributed by atoms with Crippen LogP contribution in [0.25, 0.3) is 10.8 Å². The predicted octanol–water partition coefficient (Wildman–Crippen LogP) is 2.92. The molecular formula is C15H19N3. The lowest BCUT2D eigenvalue weighted by Crippen LogP contribution is -2.42. The molecule has 1 heterocycles. The van der Waals surface area contributed by atoms with Crippen molar-refractivity contribution in [3.8, 4) is 0 Å². The van der Waals surface area contributed by atoms with Gasteiger partial charge in [0.2, 0.25) is 0 Å². The summed E-state index contributed by atoms with van der Waals surface area (Å²) >= 11 is 0. The molecule has 0 aliphatic heterocycles.